The molecule has 3 saturated heterocycles. The average molecular weight is 729 g/mol. The van der Waals surface area contributed by atoms with Crippen molar-refractivity contribution in [3.63, 3.8) is 0 Å². The second kappa shape index (κ2) is 55.9. The van der Waals surface area contributed by atoms with Crippen molar-refractivity contribution in [3.8, 4) is 0 Å². The maximum Gasteiger partial charge on any atom is 0.508 e. The van der Waals surface area contributed by atoms with Crippen LogP contribution in [0, 0.1) is 0 Å². The van der Waals surface area contributed by atoms with Gasteiger partial charge in [-0.15, -0.1) is 9.24 Å². The molecule has 0 radical (unpaired) electrons. The van der Waals surface area contributed by atoms with Crippen LogP contribution < -0.4 is 0 Å². The normalized spacial score (nSPS) is 20.5. The van der Waals surface area contributed by atoms with Gasteiger partial charge in [-0.05, 0) is 41.5 Å². The highest BCUT2D eigenvalue weighted by Gasteiger charge is 2.19. The quantitative estimate of drug-likeness (QED) is 0.0614. The van der Waals surface area contributed by atoms with E-state index in [0.29, 0.717) is 25.8 Å². The Morgan fingerprint density at radius 2 is 1.33 bits per heavy atom. The van der Waals surface area contributed by atoms with Crippen LogP contribution in [0.3, 0.4) is 0 Å². The third-order valence-electron chi connectivity index (χ3n) is 3.48. The summed E-state index contributed by atoms with van der Waals surface area (Å²) in [6, 6.07) is 0. The highest BCUT2D eigenvalue weighted by Crippen LogP contribution is 2.06. The number of aliphatic hydroxyl groups excluding tert-OH is 7. The lowest BCUT2D eigenvalue weighted by Crippen LogP contribution is -2.12. The van der Waals surface area contributed by atoms with Crippen molar-refractivity contribution in [1.82, 2.24) is 0 Å². The fourth-order valence-electron chi connectivity index (χ4n) is 1.33. The molecule has 8 atom stereocenters. The highest BCUT2D eigenvalue weighted by atomic mass is 31.0. The molecular weight excluding hydrogens is 662 g/mol. The predicted octanol–water partition coefficient (Wildman–Crippen LogP) is 0.395. The summed E-state index contributed by atoms with van der Waals surface area (Å²) in [5, 5.41) is 55.9. The fourth-order valence-corrected chi connectivity index (χ4v) is 1.33. The van der Waals surface area contributed by atoms with E-state index in [-0.39, 0.29) is 61.3 Å². The van der Waals surface area contributed by atoms with E-state index in [1.54, 1.807) is 29.9 Å². The number of carbonyl (C=O) groups excluding carboxylic acids is 3. The van der Waals surface area contributed by atoms with Crippen molar-refractivity contribution in [2.45, 2.75) is 92.1 Å². The molecule has 3 aliphatic rings. The number of aliphatic hydroxyl groups is 7. The Balaban J connectivity index is -0.0000000430. The van der Waals surface area contributed by atoms with E-state index in [4.69, 9.17) is 54.6 Å². The van der Waals surface area contributed by atoms with Gasteiger partial charge in [0.15, 0.2) is 0 Å². The Morgan fingerprint density at radius 1 is 0.913 bits per heavy atom. The molecule has 8 unspecified atom stereocenters. The first-order valence-corrected chi connectivity index (χ1v) is 14.7. The van der Waals surface area contributed by atoms with Crippen LogP contribution in [0.5, 0.6) is 0 Å². The van der Waals surface area contributed by atoms with Gasteiger partial charge < -0.3 is 73.7 Å². The van der Waals surface area contributed by atoms with Crippen LogP contribution in [-0.2, 0) is 47.3 Å². The molecule has 20 heteroatoms. The first-order chi connectivity index (χ1) is 21.4. The second-order valence-electron chi connectivity index (χ2n) is 7.77. The van der Waals surface area contributed by atoms with Gasteiger partial charge in [0.2, 0.25) is 0 Å². The van der Waals surface area contributed by atoms with Crippen molar-refractivity contribution in [2.24, 2.45) is 0 Å². The van der Waals surface area contributed by atoms with Gasteiger partial charge in [0.1, 0.15) is 41.5 Å². The van der Waals surface area contributed by atoms with Gasteiger partial charge in [-0.3, -0.25) is 9.36 Å². The number of hydrogen-bond acceptors (Lipinski definition) is 18. The second-order valence-corrected chi connectivity index (χ2v) is 7.77. The van der Waals surface area contributed by atoms with Crippen molar-refractivity contribution in [2.75, 3.05) is 60.2 Å². The molecule has 3 aliphatic heterocycles. The molecule has 3 fully saturated rings. The molecule has 0 aromatic heterocycles. The maximum atomic E-state index is 10.0. The SMILES string of the molecule is C.C=O.CC(CO)OC=O.CC(CO)OCO.CC(O)CO.CC1CO1.CC1COC(=O)O1.CC1COC(O)O1.CO.CP.O=P.[HH].[HH]. The number of carbonyl (C=O) groups is 3. The smallest absolute Gasteiger partial charge is 0.462 e. The van der Waals surface area contributed by atoms with Gasteiger partial charge in [0.25, 0.3) is 12.9 Å². The Kier molecular flexibility index (Phi) is 76.8. The monoisotopic (exact) mass is 728 g/mol. The Bertz CT molecular complexity index is 550. The van der Waals surface area contributed by atoms with Crippen molar-refractivity contribution < 1.29 is 90.7 Å². The van der Waals surface area contributed by atoms with E-state index in [1.165, 1.54) is 6.92 Å². The standard InChI is InChI=1S/C4H8O3.C4H6O3.C4H10O3.C4H8O3.C3H8O2.C3H6O.CH4O.CH2O.CH5P.CH4.HOP.2H2/c2*1-3-2-6-4(5)7-3;2*1-4(2-5)7-3-6;1-3(5)2-4;1-3-2-4-3;3*1-2;;1-2;;/h3-5H,2H2,1H3;3H,2H2,1H3;4-6H,2-3H2,1H3;3-5H,2H2,1H3;3-5H,2H2,1H3;3H,2H2,1H3;2H,1H3;1H2;2H2,1H3;1H4;2H;2*1H. The molecule has 0 saturated carbocycles. The van der Waals surface area contributed by atoms with E-state index < -0.39 is 18.7 Å². The Hall–Kier alpha value is -1.50. The number of epoxide rings is 1. The molecule has 288 valence electrons. The summed E-state index contributed by atoms with van der Waals surface area (Å²) < 4.78 is 39.7. The van der Waals surface area contributed by atoms with E-state index in [0.717, 1.165) is 13.7 Å². The van der Waals surface area contributed by atoms with E-state index in [9.17, 15) is 9.59 Å². The third kappa shape index (κ3) is 73.8. The zero-order chi connectivity index (χ0) is 37.2. The maximum absolute atomic E-state index is 10.0. The lowest BCUT2D eigenvalue weighted by molar-refractivity contribution is -0.202. The molecule has 0 aliphatic carbocycles. The summed E-state index contributed by atoms with van der Waals surface area (Å²) in [5.74, 6) is 0. The molecule has 0 bridgehead atoms. The zero-order valence-electron chi connectivity index (χ0n) is 27.5. The lowest BCUT2D eigenvalue weighted by atomic mass is 10.4. The van der Waals surface area contributed by atoms with Gasteiger partial charge in [-0.1, -0.05) is 14.1 Å². The summed E-state index contributed by atoms with van der Waals surface area (Å²) in [7, 11) is 5.14. The van der Waals surface area contributed by atoms with Gasteiger partial charge in [0, 0.05) is 9.96 Å². The molecule has 7 N–H and O–H groups in total. The zero-order valence-corrected chi connectivity index (χ0v) is 29.6. The fraction of sp³-hybridized carbons (Fsp3) is 0.885. The van der Waals surface area contributed by atoms with Crippen LogP contribution >= 0.6 is 18.4 Å². The molecule has 0 spiro atoms. The largest absolute Gasteiger partial charge is 0.508 e. The molecule has 0 aromatic carbocycles. The van der Waals surface area contributed by atoms with Crippen LogP contribution in [0.15, 0.2) is 0 Å². The molecule has 18 nitrogen and oxygen atoms in total. The number of rotatable bonds is 7. The van der Waals surface area contributed by atoms with Gasteiger partial charge >= 0.3 is 6.16 Å². The van der Waals surface area contributed by atoms with Crippen LogP contribution in [0.4, 0.5) is 4.79 Å². The van der Waals surface area contributed by atoms with Crippen LogP contribution in [0.2, 0.25) is 0 Å². The number of cyclic esters (lactones) is 2. The summed E-state index contributed by atoms with van der Waals surface area (Å²) >= 11 is 0. The van der Waals surface area contributed by atoms with Crippen molar-refractivity contribution in [3.05, 3.63) is 0 Å². The lowest BCUT2D eigenvalue weighted by Gasteiger charge is -2.04. The van der Waals surface area contributed by atoms with Crippen molar-refractivity contribution in [1.29, 1.82) is 0 Å². The summed E-state index contributed by atoms with van der Waals surface area (Å²) in [4.78, 5) is 27.4. The summed E-state index contributed by atoms with van der Waals surface area (Å²) in [6.07, 6.45) is -1.13. The Labute approximate surface area is 281 Å². The minimum absolute atomic E-state index is 0. The van der Waals surface area contributed by atoms with Gasteiger partial charge in [-0.25, -0.2) is 4.79 Å². The molecule has 0 aromatic rings. The topological polar surface area (TPSA) is 278 Å². The van der Waals surface area contributed by atoms with Crippen LogP contribution in [0.1, 0.15) is 51.8 Å². The first-order valence-electron chi connectivity index (χ1n) is 13.1. The minimum atomic E-state index is -0.977. The highest BCUT2D eigenvalue weighted by molar-refractivity contribution is 7.15. The summed E-state index contributed by atoms with van der Waals surface area (Å²) in [6.45, 7) is 15.0. The molecule has 3 heterocycles. The number of hydrogen-bond donors (Lipinski definition) is 7. The Morgan fingerprint density at radius 3 is 1.41 bits per heavy atom. The summed E-state index contributed by atoms with van der Waals surface area (Å²) in [5.41, 5.74) is 0. The molecule has 0 amide bonds. The van der Waals surface area contributed by atoms with Gasteiger partial charge in [0.05, 0.1) is 57.5 Å². The third-order valence-corrected chi connectivity index (χ3v) is 3.48. The number of ether oxygens (including phenoxy) is 7. The van der Waals surface area contributed by atoms with Crippen LogP contribution in [-0.4, -0.2) is 158 Å². The predicted molar refractivity (Wildman–Crippen MR) is 178 cm³/mol. The molecule has 46 heavy (non-hydrogen) atoms. The minimum Gasteiger partial charge on any atom is -0.462 e. The first kappa shape index (κ1) is 63.2. The molecule has 3 rings (SSSR count). The van der Waals surface area contributed by atoms with E-state index in [2.05, 4.69) is 39.8 Å². The van der Waals surface area contributed by atoms with Crippen molar-refractivity contribution >= 4 is 37.8 Å². The average Bonchev–Trinajstić information content (AvgIpc) is 3.61. The van der Waals surface area contributed by atoms with Crippen LogP contribution in [0.25, 0.3) is 0 Å². The molecular formula is C26H66O18P2. The van der Waals surface area contributed by atoms with Gasteiger partial charge in [-0.2, -0.15) is 0 Å². The van der Waals surface area contributed by atoms with E-state index >= 15 is 0 Å². The van der Waals surface area contributed by atoms with E-state index in [1.807, 2.05) is 20.4 Å².